The van der Waals surface area contributed by atoms with Crippen molar-refractivity contribution in [3.05, 3.63) is 71.8 Å². The Balaban J connectivity index is 1.74. The number of thioether (sulfide) groups is 1. The number of rotatable bonds is 7. The number of imidazole rings is 1. The zero-order valence-corrected chi connectivity index (χ0v) is 17.7. The van der Waals surface area contributed by atoms with Gasteiger partial charge in [-0.3, -0.25) is 4.57 Å². The molecule has 2 heterocycles. The highest BCUT2D eigenvalue weighted by Gasteiger charge is 2.17. The van der Waals surface area contributed by atoms with Crippen LogP contribution in [-0.4, -0.2) is 30.9 Å². The van der Waals surface area contributed by atoms with Crippen molar-refractivity contribution in [2.24, 2.45) is 7.05 Å². The van der Waals surface area contributed by atoms with Gasteiger partial charge < -0.3 is 9.30 Å². The minimum atomic E-state index is 0.629. The van der Waals surface area contributed by atoms with Crippen molar-refractivity contribution in [1.82, 2.24) is 24.3 Å². The Morgan fingerprint density at radius 3 is 2.62 bits per heavy atom. The minimum absolute atomic E-state index is 0.629. The summed E-state index contributed by atoms with van der Waals surface area (Å²) in [6.45, 7) is 2.60. The van der Waals surface area contributed by atoms with Gasteiger partial charge in [-0.05, 0) is 43.3 Å². The van der Waals surface area contributed by atoms with Crippen LogP contribution in [0.25, 0.3) is 17.1 Å². The predicted octanol–water partition coefficient (Wildman–Crippen LogP) is 5.01. The second-order valence-corrected chi connectivity index (χ2v) is 7.70. The first-order chi connectivity index (χ1) is 14.2. The number of aromatic nitrogens is 5. The Bertz CT molecular complexity index is 1110. The van der Waals surface area contributed by atoms with Gasteiger partial charge in [-0.2, -0.15) is 0 Å². The third-order valence-corrected chi connectivity index (χ3v) is 5.53. The molecular formula is C21H20ClN5OS. The van der Waals surface area contributed by atoms with Gasteiger partial charge in [-0.25, -0.2) is 4.98 Å². The van der Waals surface area contributed by atoms with Gasteiger partial charge >= 0.3 is 0 Å². The summed E-state index contributed by atoms with van der Waals surface area (Å²) in [4.78, 5) is 4.39. The molecule has 2 aromatic heterocycles. The summed E-state index contributed by atoms with van der Waals surface area (Å²) in [6.07, 6.45) is 3.73. The summed E-state index contributed by atoms with van der Waals surface area (Å²) in [6, 6.07) is 15.6. The molecule has 148 valence electrons. The molecular weight excluding hydrogens is 406 g/mol. The molecule has 0 amide bonds. The van der Waals surface area contributed by atoms with E-state index >= 15 is 0 Å². The first-order valence-electron chi connectivity index (χ1n) is 9.19. The van der Waals surface area contributed by atoms with E-state index in [2.05, 4.69) is 15.2 Å². The van der Waals surface area contributed by atoms with Crippen LogP contribution in [-0.2, 0) is 12.8 Å². The van der Waals surface area contributed by atoms with Gasteiger partial charge in [-0.1, -0.05) is 35.5 Å². The first-order valence-corrected chi connectivity index (χ1v) is 10.6. The summed E-state index contributed by atoms with van der Waals surface area (Å²) in [5, 5.41) is 10.4. The minimum Gasteiger partial charge on any atom is -0.494 e. The van der Waals surface area contributed by atoms with E-state index < -0.39 is 0 Å². The highest BCUT2D eigenvalue weighted by Crippen LogP contribution is 2.31. The average Bonchev–Trinajstić information content (AvgIpc) is 3.33. The Hall–Kier alpha value is -2.77. The van der Waals surface area contributed by atoms with Crippen molar-refractivity contribution < 1.29 is 4.74 Å². The van der Waals surface area contributed by atoms with E-state index in [0.29, 0.717) is 17.4 Å². The number of ether oxygens (including phenoxy) is 1. The maximum atomic E-state index is 6.21. The van der Waals surface area contributed by atoms with Crippen molar-refractivity contribution in [3.8, 4) is 22.8 Å². The van der Waals surface area contributed by atoms with Gasteiger partial charge in [0.25, 0.3) is 0 Å². The van der Waals surface area contributed by atoms with Crippen molar-refractivity contribution in [2.75, 3.05) is 6.61 Å². The monoisotopic (exact) mass is 425 g/mol. The van der Waals surface area contributed by atoms with Gasteiger partial charge in [0.1, 0.15) is 11.6 Å². The largest absolute Gasteiger partial charge is 0.494 e. The zero-order valence-electron chi connectivity index (χ0n) is 16.1. The molecule has 0 spiro atoms. The molecule has 0 radical (unpaired) electrons. The van der Waals surface area contributed by atoms with Gasteiger partial charge in [0, 0.05) is 35.7 Å². The molecule has 0 fully saturated rings. The standard InChI is InChI=1S/C21H20ClN5OS/c1-3-28-18-9-7-17(8-10-18)27-20(15-5-4-6-16(22)13-15)24-25-21(27)29-14-19-23-11-12-26(19)2/h4-13H,3,14H2,1-2H3. The average molecular weight is 426 g/mol. The Labute approximate surface area is 178 Å². The van der Waals surface area contributed by atoms with Crippen LogP contribution in [0.4, 0.5) is 0 Å². The molecule has 6 nitrogen and oxygen atoms in total. The molecule has 29 heavy (non-hydrogen) atoms. The van der Waals surface area contributed by atoms with Gasteiger partial charge in [0.15, 0.2) is 11.0 Å². The fourth-order valence-corrected chi connectivity index (χ4v) is 4.08. The molecule has 4 aromatic rings. The van der Waals surface area contributed by atoms with E-state index in [9.17, 15) is 0 Å². The van der Waals surface area contributed by atoms with E-state index in [1.807, 2.05) is 77.8 Å². The first kappa shape index (κ1) is 19.5. The fraction of sp³-hybridized carbons (Fsp3) is 0.190. The Morgan fingerprint density at radius 2 is 1.93 bits per heavy atom. The highest BCUT2D eigenvalue weighted by molar-refractivity contribution is 7.98. The highest BCUT2D eigenvalue weighted by atomic mass is 35.5. The van der Waals surface area contributed by atoms with E-state index in [0.717, 1.165) is 33.8 Å². The van der Waals surface area contributed by atoms with Gasteiger partial charge in [-0.15, -0.1) is 10.2 Å². The zero-order chi connectivity index (χ0) is 20.2. The number of hydrogen-bond acceptors (Lipinski definition) is 5. The summed E-state index contributed by atoms with van der Waals surface area (Å²) in [7, 11) is 1.98. The lowest BCUT2D eigenvalue weighted by atomic mass is 10.2. The lowest BCUT2D eigenvalue weighted by Gasteiger charge is -2.12. The molecule has 0 saturated heterocycles. The maximum absolute atomic E-state index is 6.21. The smallest absolute Gasteiger partial charge is 0.196 e. The summed E-state index contributed by atoms with van der Waals surface area (Å²) in [5.41, 5.74) is 1.86. The molecule has 2 aromatic carbocycles. The van der Waals surface area contributed by atoms with Crippen molar-refractivity contribution >= 4 is 23.4 Å². The van der Waals surface area contributed by atoms with Crippen LogP contribution in [0.5, 0.6) is 5.75 Å². The van der Waals surface area contributed by atoms with E-state index in [1.54, 1.807) is 18.0 Å². The second-order valence-electron chi connectivity index (χ2n) is 6.32. The van der Waals surface area contributed by atoms with E-state index in [1.165, 1.54) is 0 Å². The number of halogens is 1. The molecule has 0 aliphatic carbocycles. The van der Waals surface area contributed by atoms with Gasteiger partial charge in [0.05, 0.1) is 12.4 Å². The second kappa shape index (κ2) is 8.71. The number of benzene rings is 2. The number of aryl methyl sites for hydroxylation is 1. The summed E-state index contributed by atoms with van der Waals surface area (Å²) in [5.74, 6) is 3.23. The molecule has 4 rings (SSSR count). The molecule has 8 heteroatoms. The molecule has 0 aliphatic rings. The van der Waals surface area contributed by atoms with E-state index in [-0.39, 0.29) is 0 Å². The van der Waals surface area contributed by atoms with Crippen molar-refractivity contribution in [3.63, 3.8) is 0 Å². The fourth-order valence-electron chi connectivity index (χ4n) is 2.93. The third kappa shape index (κ3) is 4.31. The molecule has 0 saturated carbocycles. The Kier molecular flexibility index (Phi) is 5.87. The summed E-state index contributed by atoms with van der Waals surface area (Å²) >= 11 is 7.80. The lowest BCUT2D eigenvalue weighted by molar-refractivity contribution is 0.340. The topological polar surface area (TPSA) is 57.8 Å². The molecule has 0 N–H and O–H groups in total. The van der Waals surface area contributed by atoms with Crippen LogP contribution < -0.4 is 4.74 Å². The summed E-state index contributed by atoms with van der Waals surface area (Å²) < 4.78 is 9.61. The van der Waals surface area contributed by atoms with Crippen LogP contribution in [0.1, 0.15) is 12.7 Å². The van der Waals surface area contributed by atoms with Crippen LogP contribution in [0.15, 0.2) is 66.1 Å². The SMILES string of the molecule is CCOc1ccc(-n2c(SCc3nccn3C)nnc2-c2cccc(Cl)c2)cc1. The van der Waals surface area contributed by atoms with Crippen molar-refractivity contribution in [1.29, 1.82) is 0 Å². The molecule has 0 atom stereocenters. The predicted molar refractivity (Wildman–Crippen MR) is 116 cm³/mol. The van der Waals surface area contributed by atoms with Crippen LogP contribution in [0.3, 0.4) is 0 Å². The van der Waals surface area contributed by atoms with E-state index in [4.69, 9.17) is 16.3 Å². The number of hydrogen-bond donors (Lipinski definition) is 0. The molecule has 0 bridgehead atoms. The lowest BCUT2D eigenvalue weighted by Crippen LogP contribution is -2.01. The number of nitrogens with zero attached hydrogens (tertiary/aromatic N) is 5. The van der Waals surface area contributed by atoms with Crippen LogP contribution >= 0.6 is 23.4 Å². The van der Waals surface area contributed by atoms with Gasteiger partial charge in [0.2, 0.25) is 0 Å². The third-order valence-electron chi connectivity index (χ3n) is 4.37. The van der Waals surface area contributed by atoms with Crippen molar-refractivity contribution in [2.45, 2.75) is 17.8 Å². The molecule has 0 unspecified atom stereocenters. The molecule has 0 aliphatic heterocycles. The Morgan fingerprint density at radius 1 is 1.10 bits per heavy atom. The van der Waals surface area contributed by atoms with Crippen LogP contribution in [0, 0.1) is 0 Å². The van der Waals surface area contributed by atoms with Crippen LogP contribution in [0.2, 0.25) is 5.02 Å². The quantitative estimate of drug-likeness (QED) is 0.389. The maximum Gasteiger partial charge on any atom is 0.196 e. The normalized spacial score (nSPS) is 11.0.